The Hall–Kier alpha value is -2.71. The molecule has 0 unspecified atom stereocenters. The van der Waals surface area contributed by atoms with E-state index in [1.165, 1.54) is 12.4 Å². The predicted molar refractivity (Wildman–Crippen MR) is 76.1 cm³/mol. The van der Waals surface area contributed by atoms with Crippen LogP contribution in [0, 0.1) is 10.1 Å². The van der Waals surface area contributed by atoms with E-state index < -0.39 is 16.2 Å². The van der Waals surface area contributed by atoms with Gasteiger partial charge in [0.15, 0.2) is 5.69 Å². The summed E-state index contributed by atoms with van der Waals surface area (Å²) in [4.78, 5) is 35.3. The fraction of sp³-hybridized carbons (Fsp3) is 0.364. The van der Waals surface area contributed by atoms with E-state index in [9.17, 15) is 14.9 Å². The van der Waals surface area contributed by atoms with Gasteiger partial charge in [-0.15, -0.1) is 0 Å². The molecular formula is C11H16N6O3. The van der Waals surface area contributed by atoms with Crippen molar-refractivity contribution < 1.29 is 4.92 Å². The van der Waals surface area contributed by atoms with E-state index >= 15 is 0 Å². The van der Waals surface area contributed by atoms with Gasteiger partial charge in [-0.25, -0.2) is 9.98 Å². The Bertz CT molecular complexity index is 603. The molecule has 0 bridgehead atoms. The highest BCUT2D eigenvalue weighted by Crippen LogP contribution is 2.15. The van der Waals surface area contributed by atoms with Crippen molar-refractivity contribution in [2.24, 2.45) is 4.99 Å². The summed E-state index contributed by atoms with van der Waals surface area (Å²) in [5.41, 5.74) is -1.49. The van der Waals surface area contributed by atoms with E-state index in [1.54, 1.807) is 44.2 Å². The Balaban J connectivity index is 3.35. The van der Waals surface area contributed by atoms with Crippen molar-refractivity contribution in [2.45, 2.75) is 0 Å². The fourth-order valence-electron chi connectivity index (χ4n) is 1.22. The van der Waals surface area contributed by atoms with E-state index in [0.717, 1.165) is 0 Å². The van der Waals surface area contributed by atoms with E-state index in [1.807, 2.05) is 0 Å². The van der Waals surface area contributed by atoms with Gasteiger partial charge in [0.2, 0.25) is 5.95 Å². The molecule has 9 nitrogen and oxygen atoms in total. The molecule has 0 aliphatic heterocycles. The highest BCUT2D eigenvalue weighted by atomic mass is 16.6. The second-order valence-corrected chi connectivity index (χ2v) is 4.37. The van der Waals surface area contributed by atoms with Crippen molar-refractivity contribution >= 4 is 24.1 Å². The number of hydrogen-bond donors (Lipinski definition) is 1. The zero-order valence-electron chi connectivity index (χ0n) is 11.7. The van der Waals surface area contributed by atoms with Crippen LogP contribution in [0.1, 0.15) is 5.69 Å². The zero-order valence-corrected chi connectivity index (χ0v) is 11.7. The molecule has 108 valence electrons. The van der Waals surface area contributed by atoms with Gasteiger partial charge < -0.3 is 9.80 Å². The fourth-order valence-corrected chi connectivity index (χ4v) is 1.22. The van der Waals surface area contributed by atoms with Gasteiger partial charge in [0.1, 0.15) is 0 Å². The first-order chi connectivity index (χ1) is 9.31. The summed E-state index contributed by atoms with van der Waals surface area (Å²) in [6.07, 6.45) is 4.39. The third-order valence-electron chi connectivity index (χ3n) is 2.03. The molecule has 1 heterocycles. The normalized spacial score (nSPS) is 11.2. The molecule has 0 atom stereocenters. The van der Waals surface area contributed by atoms with Crippen LogP contribution in [0.15, 0.2) is 16.0 Å². The Morgan fingerprint density at radius 1 is 1.30 bits per heavy atom. The number of aliphatic imine (C=N–C) groups is 1. The summed E-state index contributed by atoms with van der Waals surface area (Å²) in [6, 6.07) is 0. The van der Waals surface area contributed by atoms with Crippen LogP contribution in [-0.4, -0.2) is 59.2 Å². The molecular weight excluding hydrogens is 264 g/mol. The molecule has 1 aromatic heterocycles. The van der Waals surface area contributed by atoms with Crippen LogP contribution in [-0.2, 0) is 0 Å². The number of nitro groups is 1. The lowest BCUT2D eigenvalue weighted by Crippen LogP contribution is -2.15. The number of H-pyrrole nitrogens is 1. The summed E-state index contributed by atoms with van der Waals surface area (Å²) in [6.45, 7) is 0. The van der Waals surface area contributed by atoms with E-state index in [0.29, 0.717) is 0 Å². The maximum atomic E-state index is 11.7. The first kappa shape index (κ1) is 15.3. The van der Waals surface area contributed by atoms with E-state index in [2.05, 4.69) is 15.0 Å². The van der Waals surface area contributed by atoms with Crippen molar-refractivity contribution in [3.63, 3.8) is 0 Å². The van der Waals surface area contributed by atoms with Crippen molar-refractivity contribution in [2.75, 3.05) is 28.2 Å². The van der Waals surface area contributed by atoms with Crippen LogP contribution >= 0.6 is 0 Å². The van der Waals surface area contributed by atoms with Gasteiger partial charge >= 0.3 is 11.2 Å². The molecule has 0 fully saturated rings. The molecule has 0 spiro atoms. The monoisotopic (exact) mass is 280 g/mol. The molecule has 0 aliphatic carbocycles. The number of nitrogens with zero attached hydrogens (tertiary/aromatic N) is 5. The molecule has 1 aromatic rings. The Morgan fingerprint density at radius 3 is 2.45 bits per heavy atom. The second-order valence-electron chi connectivity index (χ2n) is 4.37. The van der Waals surface area contributed by atoms with E-state index in [-0.39, 0.29) is 11.6 Å². The number of aromatic amines is 1. The molecule has 0 saturated carbocycles. The van der Waals surface area contributed by atoms with Crippen molar-refractivity contribution in [3.8, 4) is 0 Å². The molecule has 0 amide bonds. The smallest absolute Gasteiger partial charge is 0.359 e. The third kappa shape index (κ3) is 4.19. The van der Waals surface area contributed by atoms with E-state index in [4.69, 9.17) is 0 Å². The second kappa shape index (κ2) is 6.45. The minimum Gasteiger partial charge on any atom is -0.383 e. The molecule has 0 aliphatic rings. The van der Waals surface area contributed by atoms with Gasteiger partial charge in [0.25, 0.3) is 0 Å². The minimum atomic E-state index is -0.839. The lowest BCUT2D eigenvalue weighted by atomic mass is 10.3. The highest BCUT2D eigenvalue weighted by Gasteiger charge is 2.20. The Labute approximate surface area is 115 Å². The Morgan fingerprint density at radius 2 is 1.95 bits per heavy atom. The predicted octanol–water partition coefficient (Wildman–Crippen LogP) is 0.432. The molecule has 0 saturated heterocycles. The average molecular weight is 280 g/mol. The first-order valence-corrected chi connectivity index (χ1v) is 5.65. The quantitative estimate of drug-likeness (QED) is 0.363. The van der Waals surface area contributed by atoms with Gasteiger partial charge in [0.05, 0.1) is 11.3 Å². The zero-order chi connectivity index (χ0) is 15.3. The van der Waals surface area contributed by atoms with Crippen LogP contribution in [0.3, 0.4) is 0 Å². The number of nitrogens with one attached hydrogen (secondary N) is 1. The van der Waals surface area contributed by atoms with Crippen LogP contribution in [0.4, 0.5) is 11.6 Å². The van der Waals surface area contributed by atoms with Crippen LogP contribution in [0.25, 0.3) is 6.08 Å². The molecule has 1 N–H and O–H groups in total. The average Bonchev–Trinajstić information content (AvgIpc) is 2.32. The van der Waals surface area contributed by atoms with Crippen molar-refractivity contribution in [1.82, 2.24) is 19.8 Å². The van der Waals surface area contributed by atoms with Crippen LogP contribution in [0.5, 0.6) is 0 Å². The van der Waals surface area contributed by atoms with Crippen molar-refractivity contribution in [1.29, 1.82) is 0 Å². The minimum absolute atomic E-state index is 0.00714. The maximum Gasteiger partial charge on any atom is 0.359 e. The summed E-state index contributed by atoms with van der Waals surface area (Å²) < 4.78 is 0. The van der Waals surface area contributed by atoms with Crippen LogP contribution < -0.4 is 5.56 Å². The highest BCUT2D eigenvalue weighted by molar-refractivity contribution is 5.60. The molecule has 20 heavy (non-hydrogen) atoms. The van der Waals surface area contributed by atoms with Crippen molar-refractivity contribution in [3.05, 3.63) is 32.4 Å². The number of aromatic nitrogens is 2. The summed E-state index contributed by atoms with van der Waals surface area (Å²) in [5.74, 6) is 0.00714. The molecule has 0 aromatic carbocycles. The van der Waals surface area contributed by atoms with Gasteiger partial charge in [-0.1, -0.05) is 0 Å². The molecule has 0 radical (unpaired) electrons. The van der Waals surface area contributed by atoms with Gasteiger partial charge in [-0.05, 0) is 6.08 Å². The number of hydrogen-bond acceptors (Lipinski definition) is 6. The Kier molecular flexibility index (Phi) is 4.95. The summed E-state index contributed by atoms with van der Waals surface area (Å²) >= 11 is 0. The van der Waals surface area contributed by atoms with Crippen LogP contribution in [0.2, 0.25) is 0 Å². The topological polar surface area (TPSA) is 108 Å². The third-order valence-corrected chi connectivity index (χ3v) is 2.03. The lowest BCUT2D eigenvalue weighted by Gasteiger charge is -2.04. The van der Waals surface area contributed by atoms with Gasteiger partial charge in [-0.2, -0.15) is 0 Å². The lowest BCUT2D eigenvalue weighted by molar-refractivity contribution is -0.386. The molecule has 1 rings (SSSR count). The first-order valence-electron chi connectivity index (χ1n) is 5.65. The van der Waals surface area contributed by atoms with Gasteiger partial charge in [0, 0.05) is 34.4 Å². The molecule has 9 heteroatoms. The number of rotatable bonds is 5. The largest absolute Gasteiger partial charge is 0.383 e. The van der Waals surface area contributed by atoms with Gasteiger partial charge in [-0.3, -0.25) is 19.9 Å². The standard InChI is InChI=1S/C11H16N6O3/c1-15(2)6-5-8-9(17(19)20)10(18)14-11(13-8)12-7-16(3)4/h5-7H,1-4H3,(H,13,14,18)/b6-5+,12-7+. The summed E-state index contributed by atoms with van der Waals surface area (Å²) in [5, 5.41) is 10.9. The maximum absolute atomic E-state index is 11.7. The summed E-state index contributed by atoms with van der Waals surface area (Å²) in [7, 11) is 7.00. The SMILES string of the molecule is CN(C)/C=C/c1nc(/N=C/N(C)C)[nH]c(=O)c1[N+](=O)[O-].